The van der Waals surface area contributed by atoms with Crippen molar-refractivity contribution in [3.05, 3.63) is 52.6 Å². The van der Waals surface area contributed by atoms with Crippen molar-refractivity contribution in [2.24, 2.45) is 0 Å². The molecule has 3 rings (SSSR count). The van der Waals surface area contributed by atoms with Crippen molar-refractivity contribution in [1.82, 2.24) is 14.9 Å². The number of aliphatic hydroxyl groups is 3. The first-order valence-corrected chi connectivity index (χ1v) is 15.0. The van der Waals surface area contributed by atoms with Gasteiger partial charge in [-0.3, -0.25) is 13.7 Å². The van der Waals surface area contributed by atoms with E-state index in [4.69, 9.17) is 25.0 Å². The van der Waals surface area contributed by atoms with Crippen LogP contribution in [0.15, 0.2) is 41.3 Å². The number of hydrogen-bond acceptors (Lipinski definition) is 11. The van der Waals surface area contributed by atoms with E-state index in [1.54, 1.807) is 0 Å². The van der Waals surface area contributed by atoms with Gasteiger partial charge in [-0.15, -0.1) is 0 Å². The van der Waals surface area contributed by atoms with E-state index in [1.165, 1.54) is 36.5 Å². The maximum absolute atomic E-state index is 12.1. The van der Waals surface area contributed by atoms with Crippen LogP contribution in [0.4, 0.5) is 10.6 Å². The molecule has 1 aliphatic heterocycles. The number of ether oxygens (including phenoxy) is 2. The quantitative estimate of drug-likeness (QED) is 0.123. The first kappa shape index (κ1) is 31.8. The topological polar surface area (TPSA) is 284 Å². The summed E-state index contributed by atoms with van der Waals surface area (Å²) in [7, 11) is -9.22. The fourth-order valence-corrected chi connectivity index (χ4v) is 5.31. The summed E-state index contributed by atoms with van der Waals surface area (Å²) in [6, 6.07) is 6.27. The largest absolute Gasteiger partial charge is 0.445 e. The van der Waals surface area contributed by atoms with E-state index in [-0.39, 0.29) is 30.6 Å². The number of hydrogen-bond donors (Lipinski definition) is 9. The molecule has 2 aromatic rings. The molecule has 0 radical (unpaired) electrons. The Balaban J connectivity index is 1.53. The van der Waals surface area contributed by atoms with E-state index < -0.39 is 69.8 Å². The molecule has 1 aromatic carbocycles. The Bertz CT molecular complexity index is 1330. The van der Waals surface area contributed by atoms with Crippen LogP contribution >= 0.6 is 15.2 Å². The highest BCUT2D eigenvalue weighted by Gasteiger charge is 2.47. The van der Waals surface area contributed by atoms with Gasteiger partial charge in [-0.25, -0.2) is 9.59 Å². The number of nitrogens with zero attached hydrogens (tertiary/aromatic N) is 2. The van der Waals surface area contributed by atoms with Crippen LogP contribution < -0.4 is 22.0 Å². The molecule has 0 spiro atoms. The van der Waals surface area contributed by atoms with Crippen LogP contribution in [0.3, 0.4) is 0 Å². The van der Waals surface area contributed by atoms with Gasteiger partial charge in [0.25, 0.3) is 0 Å². The maximum atomic E-state index is 12.1. The molecule has 1 saturated heterocycles. The monoisotopic (exact) mass is 608 g/mol. The molecule has 17 nitrogen and oxygen atoms in total. The second-order valence-corrected chi connectivity index (χ2v) is 12.6. The van der Waals surface area contributed by atoms with Gasteiger partial charge in [-0.2, -0.15) is 4.98 Å². The number of nitrogens with two attached hydrogens (primary N) is 1. The SMILES string of the molecule is Nc1ccn([C@@H]2O[C@H](C(O)CCC(CNC(=O)OCc3ccc(P(=O)(O)O)cc3)P(=O)(O)O)[C@@H](O)[C@H]2O)c(=O)n1. The minimum absolute atomic E-state index is 0.0799. The minimum Gasteiger partial charge on any atom is -0.445 e. The summed E-state index contributed by atoms with van der Waals surface area (Å²) in [6.07, 6.45) is -8.14. The summed E-state index contributed by atoms with van der Waals surface area (Å²) in [5, 5.41) is 33.2. The first-order chi connectivity index (χ1) is 18.6. The van der Waals surface area contributed by atoms with E-state index in [0.29, 0.717) is 5.56 Å². The standard InChI is InChI=1S/C21H30N4O13P2/c22-15-7-8-25(20(29)24-15)19-17(28)16(27)18(38-19)14(26)6-5-13(40(34,35)36)9-23-21(30)37-10-11-1-3-12(4-2-11)39(31,32)33/h1-4,7-8,13-14,16-19,26-28H,5-6,9-10H2,(H,23,30)(H2,22,24,29)(H2,31,32,33)(H2,34,35,36)/t13?,14?,16-,17+,18+,19+/m0/s1. The zero-order chi connectivity index (χ0) is 29.8. The number of alkyl carbamates (subject to hydrolysis) is 1. The lowest BCUT2D eigenvalue weighted by molar-refractivity contribution is -0.0881. The van der Waals surface area contributed by atoms with Gasteiger partial charge < -0.3 is 55.4 Å². The molecule has 6 atom stereocenters. The van der Waals surface area contributed by atoms with E-state index >= 15 is 0 Å². The van der Waals surface area contributed by atoms with Gasteiger partial charge >= 0.3 is 27.0 Å². The van der Waals surface area contributed by atoms with E-state index in [1.807, 2.05) is 0 Å². The van der Waals surface area contributed by atoms with Crippen LogP contribution in [0, 0.1) is 0 Å². The van der Waals surface area contributed by atoms with Crippen molar-refractivity contribution in [2.75, 3.05) is 12.3 Å². The van der Waals surface area contributed by atoms with Crippen molar-refractivity contribution in [3.8, 4) is 0 Å². The lowest BCUT2D eigenvalue weighted by Gasteiger charge is -2.24. The number of benzene rings is 1. The Morgan fingerprint density at radius 1 is 1.10 bits per heavy atom. The molecule has 1 amide bonds. The third-order valence-electron chi connectivity index (χ3n) is 6.18. The summed E-state index contributed by atoms with van der Waals surface area (Å²) < 4.78 is 34.5. The Hall–Kier alpha value is -2.69. The predicted octanol–water partition coefficient (Wildman–Crippen LogP) is -2.14. The number of aromatic nitrogens is 2. The Morgan fingerprint density at radius 3 is 2.33 bits per heavy atom. The Labute approximate surface area is 226 Å². The Kier molecular flexibility index (Phi) is 10.2. The molecule has 1 aliphatic rings. The molecule has 2 heterocycles. The number of rotatable bonds is 11. The van der Waals surface area contributed by atoms with E-state index in [2.05, 4.69) is 10.3 Å². The third-order valence-corrected chi connectivity index (χ3v) is 8.54. The summed E-state index contributed by atoms with van der Waals surface area (Å²) in [4.78, 5) is 65.2. The van der Waals surface area contributed by atoms with Gasteiger partial charge in [0.15, 0.2) is 6.23 Å². The molecule has 40 heavy (non-hydrogen) atoms. The zero-order valence-electron chi connectivity index (χ0n) is 20.7. The molecule has 19 heteroatoms. The molecular weight excluding hydrogens is 578 g/mol. The number of carbonyl (C=O) groups is 1. The lowest BCUT2D eigenvalue weighted by atomic mass is 10.0. The first-order valence-electron chi connectivity index (χ1n) is 11.7. The van der Waals surface area contributed by atoms with Gasteiger partial charge in [-0.05, 0) is 36.6 Å². The molecule has 10 N–H and O–H groups in total. The number of nitrogens with one attached hydrogen (secondary N) is 1. The average molecular weight is 608 g/mol. The minimum atomic E-state index is -4.79. The predicted molar refractivity (Wildman–Crippen MR) is 136 cm³/mol. The number of anilines is 1. The number of amides is 1. The number of nitrogen functional groups attached to an aromatic ring is 1. The molecule has 0 bridgehead atoms. The fraction of sp³-hybridized carbons (Fsp3) is 0.476. The summed E-state index contributed by atoms with van der Waals surface area (Å²) in [5.41, 5.74) is 3.50. The second-order valence-electron chi connectivity index (χ2n) is 9.07. The van der Waals surface area contributed by atoms with Gasteiger partial charge in [0.05, 0.1) is 17.1 Å². The highest BCUT2D eigenvalue weighted by Crippen LogP contribution is 2.44. The van der Waals surface area contributed by atoms with Crippen LogP contribution in [0.2, 0.25) is 0 Å². The van der Waals surface area contributed by atoms with Crippen molar-refractivity contribution < 1.29 is 58.3 Å². The molecule has 222 valence electrons. The summed E-state index contributed by atoms with van der Waals surface area (Å²) in [6.45, 7) is -0.835. The third kappa shape index (κ3) is 8.17. The Morgan fingerprint density at radius 2 is 1.75 bits per heavy atom. The van der Waals surface area contributed by atoms with Crippen LogP contribution in [0.25, 0.3) is 0 Å². The lowest BCUT2D eigenvalue weighted by Crippen LogP contribution is -2.40. The normalized spacial score (nSPS) is 23.0. The highest BCUT2D eigenvalue weighted by molar-refractivity contribution is 7.60. The van der Waals surface area contributed by atoms with Crippen molar-refractivity contribution in [1.29, 1.82) is 0 Å². The van der Waals surface area contributed by atoms with Crippen LogP contribution in [-0.2, 0) is 25.2 Å². The van der Waals surface area contributed by atoms with Gasteiger partial charge in [-0.1, -0.05) is 12.1 Å². The molecule has 1 fully saturated rings. The highest BCUT2D eigenvalue weighted by atomic mass is 31.2. The van der Waals surface area contributed by atoms with E-state index in [9.17, 15) is 43.8 Å². The maximum Gasteiger partial charge on any atom is 0.407 e. The number of carbonyl (C=O) groups excluding carboxylic acids is 1. The zero-order valence-corrected chi connectivity index (χ0v) is 22.5. The molecule has 2 unspecified atom stereocenters. The molecule has 0 aliphatic carbocycles. The molecular formula is C21H30N4O13P2. The smallest absolute Gasteiger partial charge is 0.407 e. The van der Waals surface area contributed by atoms with Gasteiger partial charge in [0.2, 0.25) is 0 Å². The summed E-state index contributed by atoms with van der Waals surface area (Å²) >= 11 is 0. The van der Waals surface area contributed by atoms with Crippen LogP contribution in [0.1, 0.15) is 24.6 Å². The summed E-state index contributed by atoms with van der Waals surface area (Å²) in [5.74, 6) is -0.0799. The van der Waals surface area contributed by atoms with Crippen molar-refractivity contribution in [3.63, 3.8) is 0 Å². The van der Waals surface area contributed by atoms with Crippen molar-refractivity contribution in [2.45, 2.75) is 55.8 Å². The number of aliphatic hydroxyl groups excluding tert-OH is 3. The van der Waals surface area contributed by atoms with E-state index in [0.717, 1.165) is 4.57 Å². The van der Waals surface area contributed by atoms with Gasteiger partial charge in [0.1, 0.15) is 30.7 Å². The molecule has 1 aromatic heterocycles. The fourth-order valence-electron chi connectivity index (χ4n) is 3.96. The second kappa shape index (κ2) is 12.9. The average Bonchev–Trinajstić information content (AvgIpc) is 3.15. The van der Waals surface area contributed by atoms with Crippen LogP contribution in [-0.4, -0.2) is 87.2 Å². The van der Waals surface area contributed by atoms with Crippen molar-refractivity contribution >= 4 is 32.4 Å². The molecule has 0 saturated carbocycles. The van der Waals surface area contributed by atoms with Gasteiger partial charge in [0, 0.05) is 12.7 Å². The van der Waals surface area contributed by atoms with Crippen LogP contribution in [0.5, 0.6) is 0 Å².